The van der Waals surface area contributed by atoms with Crippen LogP contribution in [0.4, 0.5) is 4.79 Å². The number of allylic oxidation sites excluding steroid dienone is 4. The van der Waals surface area contributed by atoms with Crippen molar-refractivity contribution in [2.75, 3.05) is 6.61 Å². The van der Waals surface area contributed by atoms with Gasteiger partial charge in [-0.2, -0.15) is 0 Å². The van der Waals surface area contributed by atoms with Crippen LogP contribution in [0.15, 0.2) is 47.6 Å². The van der Waals surface area contributed by atoms with Gasteiger partial charge in [0.25, 0.3) is 0 Å². The molecule has 3 aliphatic rings. The predicted molar refractivity (Wildman–Crippen MR) is 154 cm³/mol. The van der Waals surface area contributed by atoms with Crippen molar-refractivity contribution in [3.8, 4) is 0 Å². The summed E-state index contributed by atoms with van der Waals surface area (Å²) in [7, 11) is 0. The molecule has 3 saturated carbocycles. The lowest BCUT2D eigenvalue weighted by Gasteiger charge is -2.44. The highest BCUT2D eigenvalue weighted by molar-refractivity contribution is 5.97. The molecule has 0 spiro atoms. The third-order valence-electron chi connectivity index (χ3n) is 9.39. The van der Waals surface area contributed by atoms with Gasteiger partial charge in [-0.3, -0.25) is 4.79 Å². The minimum Gasteiger partial charge on any atom is -0.434 e. The Morgan fingerprint density at radius 1 is 1.21 bits per heavy atom. The second-order valence-electron chi connectivity index (χ2n) is 12.7. The van der Waals surface area contributed by atoms with Crippen LogP contribution in [0.5, 0.6) is 0 Å². The van der Waals surface area contributed by atoms with E-state index in [4.69, 9.17) is 9.47 Å². The van der Waals surface area contributed by atoms with Gasteiger partial charge in [0.2, 0.25) is 0 Å². The van der Waals surface area contributed by atoms with Gasteiger partial charge >= 0.3 is 6.16 Å². The smallest absolute Gasteiger partial charge is 0.434 e. The number of unbranched alkanes of at least 4 members (excludes halogenated alkanes) is 2. The fourth-order valence-electron chi connectivity index (χ4n) is 6.98. The van der Waals surface area contributed by atoms with Gasteiger partial charge in [-0.05, 0) is 99.2 Å². The molecule has 39 heavy (non-hydrogen) atoms. The number of aliphatic hydroxyl groups is 2. The maximum atomic E-state index is 12.9. The monoisotopic (exact) mass is 542 g/mol. The summed E-state index contributed by atoms with van der Waals surface area (Å²) in [6.07, 6.45) is 15.1. The van der Waals surface area contributed by atoms with Crippen molar-refractivity contribution < 1.29 is 29.3 Å². The van der Waals surface area contributed by atoms with Crippen LogP contribution in [-0.4, -0.2) is 46.6 Å². The van der Waals surface area contributed by atoms with Crippen LogP contribution >= 0.6 is 0 Å². The zero-order valence-corrected chi connectivity index (χ0v) is 24.7. The minimum atomic E-state index is -1.28. The molecule has 6 atom stereocenters. The predicted octanol–water partition coefficient (Wildman–Crippen LogP) is 7.01. The third-order valence-corrected chi connectivity index (χ3v) is 9.39. The summed E-state index contributed by atoms with van der Waals surface area (Å²) in [5.41, 5.74) is 1.98. The van der Waals surface area contributed by atoms with Crippen molar-refractivity contribution in [2.45, 2.75) is 117 Å². The first kappa shape index (κ1) is 31.3. The Balaban J connectivity index is 1.64. The van der Waals surface area contributed by atoms with Gasteiger partial charge in [0.15, 0.2) is 11.4 Å². The Bertz CT molecular complexity index is 988. The molecule has 0 unspecified atom stereocenters. The average molecular weight is 543 g/mol. The number of fused-ring (bicyclic) bond motifs is 1. The zero-order valence-electron chi connectivity index (χ0n) is 24.7. The molecule has 0 aliphatic heterocycles. The Morgan fingerprint density at radius 3 is 2.67 bits per heavy atom. The molecule has 3 aliphatic carbocycles. The Hall–Kier alpha value is -2.18. The molecule has 3 fully saturated rings. The first-order chi connectivity index (χ1) is 18.4. The van der Waals surface area contributed by atoms with Crippen LogP contribution in [0.3, 0.4) is 0 Å². The molecule has 0 amide bonds. The number of rotatable bonds is 10. The van der Waals surface area contributed by atoms with E-state index in [2.05, 4.69) is 39.5 Å². The second kappa shape index (κ2) is 13.5. The van der Waals surface area contributed by atoms with E-state index < -0.39 is 24.0 Å². The summed E-state index contributed by atoms with van der Waals surface area (Å²) in [6, 6.07) is 0. The number of hydrogen-bond donors (Lipinski definition) is 2. The summed E-state index contributed by atoms with van der Waals surface area (Å²) in [6.45, 7) is 14.2. The second-order valence-corrected chi connectivity index (χ2v) is 12.7. The van der Waals surface area contributed by atoms with E-state index in [-0.39, 0.29) is 17.1 Å². The number of carbonyl (C=O) groups excluding carboxylic acids is 2. The van der Waals surface area contributed by atoms with Crippen molar-refractivity contribution >= 4 is 11.9 Å². The molecule has 0 radical (unpaired) electrons. The molecule has 6 nitrogen and oxygen atoms in total. The van der Waals surface area contributed by atoms with Gasteiger partial charge < -0.3 is 19.7 Å². The maximum absolute atomic E-state index is 12.9. The molecule has 0 saturated heterocycles. The van der Waals surface area contributed by atoms with Crippen LogP contribution in [0.2, 0.25) is 0 Å². The summed E-state index contributed by atoms with van der Waals surface area (Å²) >= 11 is 0. The average Bonchev–Trinajstić information content (AvgIpc) is 3.23. The highest BCUT2D eigenvalue weighted by Gasteiger charge is 2.50. The maximum Gasteiger partial charge on any atom is 0.509 e. The highest BCUT2D eigenvalue weighted by atomic mass is 16.7. The van der Waals surface area contributed by atoms with Crippen LogP contribution in [0.1, 0.15) is 98.8 Å². The molecule has 0 aromatic rings. The van der Waals surface area contributed by atoms with Gasteiger partial charge in [-0.25, -0.2) is 4.79 Å². The van der Waals surface area contributed by atoms with E-state index in [0.717, 1.165) is 62.5 Å². The summed E-state index contributed by atoms with van der Waals surface area (Å²) < 4.78 is 10.5. The Kier molecular flexibility index (Phi) is 10.8. The fourth-order valence-corrected chi connectivity index (χ4v) is 6.98. The number of ether oxygens (including phenoxy) is 2. The van der Waals surface area contributed by atoms with Crippen molar-refractivity contribution in [3.05, 3.63) is 47.6 Å². The normalized spacial score (nSPS) is 32.4. The lowest BCUT2D eigenvalue weighted by atomic mass is 9.61. The van der Waals surface area contributed by atoms with E-state index >= 15 is 0 Å². The van der Waals surface area contributed by atoms with E-state index in [1.54, 1.807) is 19.9 Å². The van der Waals surface area contributed by atoms with Gasteiger partial charge in [-0.15, -0.1) is 0 Å². The van der Waals surface area contributed by atoms with E-state index in [0.29, 0.717) is 31.3 Å². The molecule has 0 aromatic carbocycles. The number of aliphatic hydroxyl groups excluding tert-OH is 2. The number of carbonyl (C=O) groups is 2. The van der Waals surface area contributed by atoms with Crippen LogP contribution in [-0.2, 0) is 14.3 Å². The largest absolute Gasteiger partial charge is 0.509 e. The third kappa shape index (κ3) is 7.73. The molecule has 6 heteroatoms. The Morgan fingerprint density at radius 2 is 1.95 bits per heavy atom. The first-order valence-electron chi connectivity index (χ1n) is 14.9. The SMILES string of the molecule is C=C1/C(=C\C=C2/CCC[C@]3(C)[C@@H]([C@H](C)/C=C/C(=O)C(C)(C)OC(=O)OCCCCC)CC[C@@H]23)C[C@@H](O)C[C@@H]1O. The van der Waals surface area contributed by atoms with Crippen LogP contribution in [0.25, 0.3) is 0 Å². The molecule has 0 aromatic heterocycles. The lowest BCUT2D eigenvalue weighted by Crippen LogP contribution is -2.37. The number of hydrogen-bond acceptors (Lipinski definition) is 6. The summed E-state index contributed by atoms with van der Waals surface area (Å²) in [4.78, 5) is 25.0. The fraction of sp³-hybridized carbons (Fsp3) is 0.697. The highest BCUT2D eigenvalue weighted by Crippen LogP contribution is 2.59. The Labute approximate surface area is 235 Å². The van der Waals surface area contributed by atoms with Crippen LogP contribution < -0.4 is 0 Å². The molecule has 218 valence electrons. The van der Waals surface area contributed by atoms with E-state index in [9.17, 15) is 19.8 Å². The van der Waals surface area contributed by atoms with Crippen molar-refractivity contribution in [1.29, 1.82) is 0 Å². The quantitative estimate of drug-likeness (QED) is 0.175. The molecule has 3 rings (SSSR count). The van der Waals surface area contributed by atoms with Crippen LogP contribution in [0, 0.1) is 23.2 Å². The summed E-state index contributed by atoms with van der Waals surface area (Å²) in [5.74, 6) is 0.895. The van der Waals surface area contributed by atoms with E-state index in [1.807, 2.05) is 6.08 Å². The van der Waals surface area contributed by atoms with Crippen molar-refractivity contribution in [3.63, 3.8) is 0 Å². The molecule has 2 N–H and O–H groups in total. The van der Waals surface area contributed by atoms with Gasteiger partial charge in [0.05, 0.1) is 18.8 Å². The zero-order chi connectivity index (χ0) is 28.8. The number of ketones is 1. The molecule has 0 bridgehead atoms. The minimum absolute atomic E-state index is 0.145. The van der Waals surface area contributed by atoms with Crippen molar-refractivity contribution in [2.24, 2.45) is 23.2 Å². The van der Waals surface area contributed by atoms with Gasteiger partial charge in [-0.1, -0.05) is 64.0 Å². The first-order valence-corrected chi connectivity index (χ1v) is 14.9. The lowest BCUT2D eigenvalue weighted by molar-refractivity contribution is -0.131. The standard InChI is InChI=1S/C33H50O6/c1-7-8-9-19-38-31(37)39-32(4,5)30(36)17-12-22(2)27-15-16-28-24(11-10-18-33(27,28)6)13-14-25-20-26(34)21-29(35)23(25)3/h12-14,17,22,26-29,34-35H,3,7-11,15-16,18-21H2,1-2,4-6H3/b17-12+,24-13+,25-14-/t22-,26-,27-,28+,29+,33-/m1/s1. The van der Waals surface area contributed by atoms with Gasteiger partial charge in [0, 0.05) is 6.42 Å². The van der Waals surface area contributed by atoms with Crippen molar-refractivity contribution in [1.82, 2.24) is 0 Å². The van der Waals surface area contributed by atoms with E-state index in [1.165, 1.54) is 5.57 Å². The molecular formula is C33H50O6. The topological polar surface area (TPSA) is 93.1 Å². The summed E-state index contributed by atoms with van der Waals surface area (Å²) in [5, 5.41) is 20.3. The molecular weight excluding hydrogens is 492 g/mol. The molecule has 0 heterocycles. The van der Waals surface area contributed by atoms with Gasteiger partial charge in [0.1, 0.15) is 0 Å².